The number of nitrogens with zero attached hydrogens (tertiary/aromatic N) is 2. The zero-order valence-electron chi connectivity index (χ0n) is 15.2. The number of fused-ring (bicyclic) bond motifs is 1. The third-order valence-corrected chi connectivity index (χ3v) is 8.36. The molecular weight excluding hydrogens is 480 g/mol. The summed E-state index contributed by atoms with van der Waals surface area (Å²) >= 11 is 13.7. The number of sulfone groups is 1. The van der Waals surface area contributed by atoms with Gasteiger partial charge in [0, 0.05) is 10.8 Å². The summed E-state index contributed by atoms with van der Waals surface area (Å²) in [6.07, 6.45) is -4.55. The maximum Gasteiger partial charge on any atom is 0.416 e. The van der Waals surface area contributed by atoms with Crippen LogP contribution >= 0.6 is 35.0 Å². The molecule has 0 N–H and O–H groups in total. The molecular formula is C19H15Cl2F3N2O2S2. The van der Waals surface area contributed by atoms with Gasteiger partial charge in [-0.05, 0) is 29.8 Å². The summed E-state index contributed by atoms with van der Waals surface area (Å²) < 4.78 is 64.1. The average Bonchev–Trinajstić information content (AvgIpc) is 3.11. The van der Waals surface area contributed by atoms with Crippen LogP contribution < -0.4 is 4.90 Å². The summed E-state index contributed by atoms with van der Waals surface area (Å²) in [7, 11) is -3.34. The predicted octanol–water partition coefficient (Wildman–Crippen LogP) is 5.29. The van der Waals surface area contributed by atoms with E-state index in [0.29, 0.717) is 15.9 Å². The van der Waals surface area contributed by atoms with Crippen LogP contribution in [-0.2, 0) is 21.8 Å². The first kappa shape index (κ1) is 21.8. The van der Waals surface area contributed by atoms with Gasteiger partial charge in [0.05, 0.1) is 39.9 Å². The Labute approximate surface area is 186 Å². The highest BCUT2D eigenvalue weighted by Crippen LogP contribution is 2.42. The molecule has 4 rings (SSSR count). The number of hydrogen-bond acceptors (Lipinski definition) is 5. The summed E-state index contributed by atoms with van der Waals surface area (Å²) in [5.41, 5.74) is 0.0785. The van der Waals surface area contributed by atoms with Crippen LogP contribution in [-0.4, -0.2) is 37.2 Å². The second kappa shape index (κ2) is 7.93. The van der Waals surface area contributed by atoms with E-state index in [4.69, 9.17) is 23.2 Å². The van der Waals surface area contributed by atoms with Crippen molar-refractivity contribution in [2.24, 2.45) is 4.99 Å². The third kappa shape index (κ3) is 4.30. The van der Waals surface area contributed by atoms with Crippen molar-refractivity contribution in [3.63, 3.8) is 0 Å². The third-order valence-electron chi connectivity index (χ3n) is 4.96. The lowest BCUT2D eigenvalue weighted by Crippen LogP contribution is -2.39. The van der Waals surface area contributed by atoms with Crippen molar-refractivity contribution in [1.29, 1.82) is 0 Å². The monoisotopic (exact) mass is 494 g/mol. The van der Waals surface area contributed by atoms with Crippen LogP contribution in [0, 0.1) is 0 Å². The molecule has 0 saturated carbocycles. The van der Waals surface area contributed by atoms with Crippen molar-refractivity contribution in [2.75, 3.05) is 16.4 Å². The summed E-state index contributed by atoms with van der Waals surface area (Å²) in [5, 5.41) is 1.09. The minimum Gasteiger partial charge on any atom is -0.313 e. The van der Waals surface area contributed by atoms with E-state index in [2.05, 4.69) is 4.99 Å². The number of aliphatic imine (C=N–C) groups is 1. The molecule has 0 bridgehead atoms. The topological polar surface area (TPSA) is 49.7 Å². The highest BCUT2D eigenvalue weighted by molar-refractivity contribution is 8.13. The number of hydrogen-bond donors (Lipinski definition) is 0. The standard InChI is InChI=1S/C19H15Cl2F3N2O2S2/c20-13-4-2-1-3-11(13)8-29-18-25-15-9-30(27,28)10-17(15)26(18)16-7-12(19(22,23)24)5-6-14(16)21/h1-7,15,17H,8-10H2/t15-,17-/m1/s1. The van der Waals surface area contributed by atoms with E-state index in [1.807, 2.05) is 12.1 Å². The summed E-state index contributed by atoms with van der Waals surface area (Å²) in [5.74, 6) is 0.0998. The zero-order chi connectivity index (χ0) is 21.7. The van der Waals surface area contributed by atoms with E-state index in [9.17, 15) is 21.6 Å². The van der Waals surface area contributed by atoms with Crippen LogP contribution in [0.1, 0.15) is 11.1 Å². The zero-order valence-corrected chi connectivity index (χ0v) is 18.4. The molecule has 2 heterocycles. The molecule has 2 atom stereocenters. The Morgan fingerprint density at radius 2 is 1.83 bits per heavy atom. The lowest BCUT2D eigenvalue weighted by Gasteiger charge is -2.28. The summed E-state index contributed by atoms with van der Waals surface area (Å²) in [6, 6.07) is 9.11. The smallest absolute Gasteiger partial charge is 0.313 e. The van der Waals surface area contributed by atoms with Gasteiger partial charge in [0.2, 0.25) is 0 Å². The van der Waals surface area contributed by atoms with Crippen molar-refractivity contribution in [2.45, 2.75) is 24.0 Å². The SMILES string of the molecule is O=S1(=O)C[C@@H]2[C@@H](C1)N=C(SCc1ccccc1Cl)N2c1cc(C(F)(F)F)ccc1Cl. The van der Waals surface area contributed by atoms with Gasteiger partial charge >= 0.3 is 6.18 Å². The van der Waals surface area contributed by atoms with Gasteiger partial charge < -0.3 is 4.90 Å². The second-order valence-corrected chi connectivity index (χ2v) is 10.9. The first-order valence-corrected chi connectivity index (χ1v) is 12.4. The highest BCUT2D eigenvalue weighted by Gasteiger charge is 2.48. The molecule has 30 heavy (non-hydrogen) atoms. The molecule has 2 aliphatic heterocycles. The van der Waals surface area contributed by atoms with Crippen LogP contribution in [0.3, 0.4) is 0 Å². The molecule has 11 heteroatoms. The van der Waals surface area contributed by atoms with Gasteiger partial charge in [-0.15, -0.1) is 0 Å². The average molecular weight is 495 g/mol. The number of anilines is 1. The molecule has 0 radical (unpaired) electrons. The van der Waals surface area contributed by atoms with Crippen LogP contribution in [0.25, 0.3) is 0 Å². The molecule has 0 aliphatic carbocycles. The normalized spacial score (nSPS) is 22.8. The molecule has 1 fully saturated rings. The van der Waals surface area contributed by atoms with Gasteiger partial charge in [-0.25, -0.2) is 8.42 Å². The second-order valence-electron chi connectivity index (χ2n) is 7.04. The highest BCUT2D eigenvalue weighted by atomic mass is 35.5. The number of rotatable bonds is 3. The molecule has 160 valence electrons. The summed E-state index contributed by atoms with van der Waals surface area (Å²) in [6.45, 7) is 0. The quantitative estimate of drug-likeness (QED) is 0.581. The van der Waals surface area contributed by atoms with Crippen LogP contribution in [0.5, 0.6) is 0 Å². The van der Waals surface area contributed by atoms with E-state index >= 15 is 0 Å². The fourth-order valence-electron chi connectivity index (χ4n) is 3.55. The van der Waals surface area contributed by atoms with Crippen molar-refractivity contribution >= 4 is 55.7 Å². The molecule has 0 aromatic heterocycles. The van der Waals surface area contributed by atoms with E-state index in [0.717, 1.165) is 17.7 Å². The molecule has 1 saturated heterocycles. The first-order valence-electron chi connectivity index (χ1n) is 8.85. The minimum absolute atomic E-state index is 0.0963. The van der Waals surface area contributed by atoms with Gasteiger partial charge in [0.1, 0.15) is 0 Å². The van der Waals surface area contributed by atoms with Gasteiger partial charge in [-0.2, -0.15) is 13.2 Å². The Morgan fingerprint density at radius 1 is 1.10 bits per heavy atom. The Kier molecular flexibility index (Phi) is 5.76. The maximum absolute atomic E-state index is 13.3. The Hall–Kier alpha value is -1.42. The number of halogens is 5. The van der Waals surface area contributed by atoms with Gasteiger partial charge in [-0.3, -0.25) is 4.99 Å². The number of alkyl halides is 3. The molecule has 0 unspecified atom stereocenters. The Balaban J connectivity index is 1.71. The Morgan fingerprint density at radius 3 is 2.53 bits per heavy atom. The fourth-order valence-corrected chi connectivity index (χ4v) is 7.00. The Bertz CT molecular complexity index is 1120. The van der Waals surface area contributed by atoms with Gasteiger partial charge in [0.25, 0.3) is 0 Å². The van der Waals surface area contributed by atoms with Crippen molar-refractivity contribution in [3.8, 4) is 0 Å². The van der Waals surface area contributed by atoms with E-state index in [1.165, 1.54) is 22.7 Å². The maximum atomic E-state index is 13.3. The number of amidine groups is 1. The predicted molar refractivity (Wildman–Crippen MR) is 115 cm³/mol. The molecule has 0 amide bonds. The summed E-state index contributed by atoms with van der Waals surface area (Å²) in [4.78, 5) is 6.06. The van der Waals surface area contributed by atoms with Crippen molar-refractivity contribution in [3.05, 3.63) is 63.6 Å². The van der Waals surface area contributed by atoms with E-state index in [1.54, 1.807) is 12.1 Å². The molecule has 0 spiro atoms. The lowest BCUT2D eigenvalue weighted by atomic mass is 10.1. The van der Waals surface area contributed by atoms with Gasteiger partial charge in [-0.1, -0.05) is 53.2 Å². The van der Waals surface area contributed by atoms with E-state index in [-0.39, 0.29) is 22.2 Å². The molecule has 4 nitrogen and oxygen atoms in total. The van der Waals surface area contributed by atoms with E-state index < -0.39 is 33.7 Å². The fraction of sp³-hybridized carbons (Fsp3) is 0.316. The van der Waals surface area contributed by atoms with Crippen LogP contribution in [0.2, 0.25) is 10.0 Å². The molecule has 2 aliphatic rings. The largest absolute Gasteiger partial charge is 0.416 e. The number of thioether (sulfide) groups is 1. The van der Waals surface area contributed by atoms with Crippen molar-refractivity contribution in [1.82, 2.24) is 0 Å². The van der Waals surface area contributed by atoms with Crippen LogP contribution in [0.4, 0.5) is 18.9 Å². The lowest BCUT2D eigenvalue weighted by molar-refractivity contribution is -0.137. The first-order chi connectivity index (χ1) is 14.0. The molecule has 2 aromatic carbocycles. The number of benzene rings is 2. The van der Waals surface area contributed by atoms with Crippen molar-refractivity contribution < 1.29 is 21.6 Å². The molecule has 2 aromatic rings. The van der Waals surface area contributed by atoms with Gasteiger partial charge in [0.15, 0.2) is 15.0 Å². The van der Waals surface area contributed by atoms with Crippen LogP contribution in [0.15, 0.2) is 47.5 Å². The minimum atomic E-state index is -4.55.